The van der Waals surface area contributed by atoms with Gasteiger partial charge >= 0.3 is 5.69 Å². The second kappa shape index (κ2) is 7.62. The van der Waals surface area contributed by atoms with Gasteiger partial charge in [-0.05, 0) is 31.5 Å². The van der Waals surface area contributed by atoms with E-state index in [1.807, 2.05) is 0 Å². The lowest BCUT2D eigenvalue weighted by molar-refractivity contribution is -0.385. The number of hydrogen-bond donors (Lipinski definition) is 2. The van der Waals surface area contributed by atoms with Gasteiger partial charge in [0, 0.05) is 19.2 Å². The summed E-state index contributed by atoms with van der Waals surface area (Å²) in [6.45, 7) is 1.05. The van der Waals surface area contributed by atoms with Crippen LogP contribution in [0.4, 0.5) is 5.69 Å². The fourth-order valence-corrected chi connectivity index (χ4v) is 1.54. The summed E-state index contributed by atoms with van der Waals surface area (Å²) in [5.41, 5.74) is 0.818. The van der Waals surface area contributed by atoms with E-state index in [2.05, 4.69) is 5.32 Å². The molecule has 2 N–H and O–H groups in total. The van der Waals surface area contributed by atoms with Crippen molar-refractivity contribution in [2.24, 2.45) is 0 Å². The summed E-state index contributed by atoms with van der Waals surface area (Å²) in [6, 6.07) is 4.92. The fraction of sp³-hybridized carbons (Fsp3) is 0.500. The van der Waals surface area contributed by atoms with Crippen molar-refractivity contribution in [3.8, 4) is 5.75 Å². The Balaban J connectivity index is 2.73. The first-order valence-electron chi connectivity index (χ1n) is 5.84. The van der Waals surface area contributed by atoms with Crippen molar-refractivity contribution in [2.75, 3.05) is 20.3 Å². The molecule has 0 saturated heterocycles. The molecular weight excluding hydrogens is 236 g/mol. The van der Waals surface area contributed by atoms with Crippen molar-refractivity contribution >= 4 is 5.69 Å². The van der Waals surface area contributed by atoms with Crippen molar-refractivity contribution < 1.29 is 14.8 Å². The van der Waals surface area contributed by atoms with E-state index in [-0.39, 0.29) is 18.0 Å². The van der Waals surface area contributed by atoms with Gasteiger partial charge in [-0.1, -0.05) is 6.07 Å². The second-order valence-electron chi connectivity index (χ2n) is 3.87. The van der Waals surface area contributed by atoms with Gasteiger partial charge in [-0.15, -0.1) is 0 Å². The standard InChI is InChI=1S/C12H18N2O4/c1-13-9-10-4-5-12(11(8-10)14(16)17)18-7-3-2-6-15/h4-5,8,13,15H,2-3,6-7,9H2,1H3. The van der Waals surface area contributed by atoms with Crippen molar-refractivity contribution in [1.82, 2.24) is 5.32 Å². The minimum absolute atomic E-state index is 0.0215. The van der Waals surface area contributed by atoms with Crippen LogP contribution in [0.15, 0.2) is 18.2 Å². The average Bonchev–Trinajstić information content (AvgIpc) is 2.36. The number of nitro benzene ring substituents is 1. The summed E-state index contributed by atoms with van der Waals surface area (Å²) in [7, 11) is 1.78. The van der Waals surface area contributed by atoms with Crippen molar-refractivity contribution in [2.45, 2.75) is 19.4 Å². The molecule has 1 aromatic rings. The summed E-state index contributed by atoms with van der Waals surface area (Å²) >= 11 is 0. The van der Waals surface area contributed by atoms with Crippen molar-refractivity contribution in [3.63, 3.8) is 0 Å². The topological polar surface area (TPSA) is 84.6 Å². The first-order valence-corrected chi connectivity index (χ1v) is 5.84. The molecule has 0 amide bonds. The molecule has 0 fully saturated rings. The van der Waals surface area contributed by atoms with E-state index >= 15 is 0 Å². The molecule has 1 rings (SSSR count). The molecule has 0 aromatic heterocycles. The van der Waals surface area contributed by atoms with E-state index in [1.165, 1.54) is 6.07 Å². The number of nitro groups is 1. The molecule has 0 heterocycles. The number of nitrogens with zero attached hydrogens (tertiary/aromatic N) is 1. The molecule has 18 heavy (non-hydrogen) atoms. The average molecular weight is 254 g/mol. The number of aliphatic hydroxyl groups is 1. The molecule has 6 nitrogen and oxygen atoms in total. The van der Waals surface area contributed by atoms with E-state index in [0.29, 0.717) is 26.0 Å². The van der Waals surface area contributed by atoms with Crippen LogP contribution in [-0.2, 0) is 6.54 Å². The number of aliphatic hydroxyl groups excluding tert-OH is 1. The normalized spacial score (nSPS) is 10.3. The predicted molar refractivity (Wildman–Crippen MR) is 67.7 cm³/mol. The minimum atomic E-state index is -0.444. The van der Waals surface area contributed by atoms with E-state index < -0.39 is 4.92 Å². The van der Waals surface area contributed by atoms with Gasteiger partial charge in [-0.25, -0.2) is 0 Å². The third-order valence-electron chi connectivity index (χ3n) is 2.41. The maximum atomic E-state index is 10.9. The quantitative estimate of drug-likeness (QED) is 0.417. The zero-order chi connectivity index (χ0) is 13.4. The van der Waals surface area contributed by atoms with Crippen molar-refractivity contribution in [1.29, 1.82) is 0 Å². The van der Waals surface area contributed by atoms with Gasteiger partial charge in [0.15, 0.2) is 5.75 Å². The molecule has 0 aliphatic carbocycles. The van der Waals surface area contributed by atoms with Crippen LogP contribution in [0.25, 0.3) is 0 Å². The molecule has 0 aliphatic heterocycles. The first-order chi connectivity index (χ1) is 8.69. The number of rotatable bonds is 8. The molecular formula is C12H18N2O4. The summed E-state index contributed by atoms with van der Waals surface area (Å²) in [5, 5.41) is 22.5. The molecule has 1 aromatic carbocycles. The van der Waals surface area contributed by atoms with E-state index in [0.717, 1.165) is 5.56 Å². The molecule has 100 valence electrons. The van der Waals surface area contributed by atoms with Gasteiger partial charge in [-0.2, -0.15) is 0 Å². The van der Waals surface area contributed by atoms with Crippen LogP contribution in [0.2, 0.25) is 0 Å². The third kappa shape index (κ3) is 4.31. The lowest BCUT2D eigenvalue weighted by atomic mass is 10.2. The Morgan fingerprint density at radius 2 is 2.22 bits per heavy atom. The van der Waals surface area contributed by atoms with E-state index in [1.54, 1.807) is 19.2 Å². The van der Waals surface area contributed by atoms with E-state index in [9.17, 15) is 10.1 Å². The fourth-order valence-electron chi connectivity index (χ4n) is 1.54. The Labute approximate surface area is 106 Å². The lowest BCUT2D eigenvalue weighted by Gasteiger charge is -2.07. The van der Waals surface area contributed by atoms with Gasteiger partial charge in [0.1, 0.15) is 0 Å². The zero-order valence-electron chi connectivity index (χ0n) is 10.4. The highest BCUT2D eigenvalue weighted by Crippen LogP contribution is 2.28. The van der Waals surface area contributed by atoms with Gasteiger partial charge in [0.25, 0.3) is 0 Å². The molecule has 0 aliphatic rings. The summed E-state index contributed by atoms with van der Waals surface area (Å²) in [4.78, 5) is 10.5. The van der Waals surface area contributed by atoms with Crippen LogP contribution < -0.4 is 10.1 Å². The summed E-state index contributed by atoms with van der Waals surface area (Å²) in [5.74, 6) is 0.276. The van der Waals surface area contributed by atoms with Crippen LogP contribution in [0.5, 0.6) is 5.75 Å². The Morgan fingerprint density at radius 1 is 1.44 bits per heavy atom. The molecule has 0 bridgehead atoms. The highest BCUT2D eigenvalue weighted by molar-refractivity contribution is 5.48. The Bertz CT molecular complexity index is 396. The van der Waals surface area contributed by atoms with Crippen LogP contribution >= 0.6 is 0 Å². The number of benzene rings is 1. The maximum absolute atomic E-state index is 10.9. The van der Waals surface area contributed by atoms with Crippen molar-refractivity contribution in [3.05, 3.63) is 33.9 Å². The van der Waals surface area contributed by atoms with Gasteiger partial charge in [0.05, 0.1) is 11.5 Å². The van der Waals surface area contributed by atoms with Crippen LogP contribution in [0.3, 0.4) is 0 Å². The molecule has 0 unspecified atom stereocenters. The van der Waals surface area contributed by atoms with Crippen LogP contribution in [0.1, 0.15) is 18.4 Å². The second-order valence-corrected chi connectivity index (χ2v) is 3.87. The van der Waals surface area contributed by atoms with E-state index in [4.69, 9.17) is 9.84 Å². The molecule has 6 heteroatoms. The predicted octanol–water partition coefficient (Wildman–Crippen LogP) is 1.47. The van der Waals surface area contributed by atoms with Gasteiger partial charge in [-0.3, -0.25) is 10.1 Å². The smallest absolute Gasteiger partial charge is 0.311 e. The highest BCUT2D eigenvalue weighted by Gasteiger charge is 2.15. The number of ether oxygens (including phenoxy) is 1. The zero-order valence-corrected chi connectivity index (χ0v) is 10.4. The Morgan fingerprint density at radius 3 is 2.83 bits per heavy atom. The SMILES string of the molecule is CNCc1ccc(OCCCCO)c([N+](=O)[O-])c1. The Hall–Kier alpha value is -1.66. The van der Waals surface area contributed by atoms with Gasteiger partial charge < -0.3 is 15.2 Å². The molecule has 0 radical (unpaired) electrons. The first kappa shape index (κ1) is 14.4. The van der Waals surface area contributed by atoms with Crippen LogP contribution in [0, 0.1) is 10.1 Å². The largest absolute Gasteiger partial charge is 0.487 e. The lowest BCUT2D eigenvalue weighted by Crippen LogP contribution is -2.06. The highest BCUT2D eigenvalue weighted by atomic mass is 16.6. The molecule has 0 saturated carbocycles. The molecule has 0 atom stereocenters. The monoisotopic (exact) mass is 254 g/mol. The molecule has 0 spiro atoms. The number of unbranched alkanes of at least 4 members (excludes halogenated alkanes) is 1. The van der Waals surface area contributed by atoms with Crippen LogP contribution in [-0.4, -0.2) is 30.3 Å². The summed E-state index contributed by atoms with van der Waals surface area (Å²) < 4.78 is 5.36. The Kier molecular flexibility index (Phi) is 6.10. The van der Waals surface area contributed by atoms with Gasteiger partial charge in [0.2, 0.25) is 0 Å². The summed E-state index contributed by atoms with van der Waals surface area (Å²) in [6.07, 6.45) is 1.30. The minimum Gasteiger partial charge on any atom is -0.487 e. The number of nitrogens with one attached hydrogen (secondary N) is 1. The number of hydrogen-bond acceptors (Lipinski definition) is 5. The maximum Gasteiger partial charge on any atom is 0.311 e. The third-order valence-corrected chi connectivity index (χ3v) is 2.41.